The van der Waals surface area contributed by atoms with Crippen LogP contribution in [0.1, 0.15) is 31.4 Å². The van der Waals surface area contributed by atoms with Crippen molar-refractivity contribution in [3.63, 3.8) is 0 Å². The van der Waals surface area contributed by atoms with Gasteiger partial charge in [-0.2, -0.15) is 0 Å². The molecule has 0 aliphatic heterocycles. The van der Waals surface area contributed by atoms with Crippen molar-refractivity contribution < 1.29 is 23.8 Å². The second kappa shape index (κ2) is 9.92. The zero-order valence-corrected chi connectivity index (χ0v) is 13.2. The summed E-state index contributed by atoms with van der Waals surface area (Å²) in [6.45, 7) is 1.92. The first-order valence-electron chi connectivity index (χ1n) is 7.08. The van der Waals surface area contributed by atoms with E-state index in [1.165, 1.54) is 14.2 Å². The van der Waals surface area contributed by atoms with Crippen LogP contribution in [0.5, 0.6) is 0 Å². The molecule has 0 spiro atoms. The molecule has 0 heterocycles. The van der Waals surface area contributed by atoms with Crippen molar-refractivity contribution in [2.75, 3.05) is 21.0 Å². The Morgan fingerprint density at radius 1 is 1.14 bits per heavy atom. The molecule has 0 aliphatic rings. The monoisotopic (exact) mass is 309 g/mol. The molecule has 0 aliphatic carbocycles. The fourth-order valence-electron chi connectivity index (χ4n) is 1.96. The van der Waals surface area contributed by atoms with E-state index in [0.717, 1.165) is 5.56 Å². The Labute approximate surface area is 130 Å². The van der Waals surface area contributed by atoms with E-state index in [-0.39, 0.29) is 31.6 Å². The molecule has 0 radical (unpaired) electrons. The van der Waals surface area contributed by atoms with Crippen LogP contribution in [0.4, 0.5) is 0 Å². The number of esters is 1. The van der Waals surface area contributed by atoms with Crippen LogP contribution >= 0.6 is 0 Å². The Bertz CT molecular complexity index is 463. The maximum atomic E-state index is 12.1. The number of rotatable bonds is 9. The van der Waals surface area contributed by atoms with Crippen molar-refractivity contribution in [2.45, 2.75) is 31.9 Å². The number of hydrogen-bond acceptors (Lipinski definition) is 5. The van der Waals surface area contributed by atoms with Gasteiger partial charge in [0.2, 0.25) is 5.91 Å². The van der Waals surface area contributed by atoms with Crippen LogP contribution in [-0.4, -0.2) is 39.0 Å². The predicted molar refractivity (Wildman–Crippen MR) is 81.0 cm³/mol. The average molecular weight is 309 g/mol. The van der Waals surface area contributed by atoms with Gasteiger partial charge in [0.05, 0.1) is 32.1 Å². The molecule has 122 valence electrons. The number of methoxy groups -OCH3 is 2. The third-order valence-electron chi connectivity index (χ3n) is 3.13. The van der Waals surface area contributed by atoms with Gasteiger partial charge >= 0.3 is 5.97 Å². The third kappa shape index (κ3) is 6.69. The highest BCUT2D eigenvalue weighted by Crippen LogP contribution is 2.12. The van der Waals surface area contributed by atoms with Crippen LogP contribution in [0.3, 0.4) is 0 Å². The van der Waals surface area contributed by atoms with Crippen LogP contribution in [-0.2, 0) is 23.8 Å². The largest absolute Gasteiger partial charge is 0.469 e. The van der Waals surface area contributed by atoms with Gasteiger partial charge in [0.15, 0.2) is 0 Å². The lowest BCUT2D eigenvalue weighted by Crippen LogP contribution is -2.32. The zero-order chi connectivity index (χ0) is 16.4. The van der Waals surface area contributed by atoms with Crippen molar-refractivity contribution in [1.82, 2.24) is 5.32 Å². The quantitative estimate of drug-likeness (QED) is 0.556. The maximum Gasteiger partial charge on any atom is 0.308 e. The number of benzene rings is 1. The molecule has 1 amide bonds. The second-order valence-electron chi connectivity index (χ2n) is 4.88. The summed E-state index contributed by atoms with van der Waals surface area (Å²) in [5.41, 5.74) is 1.01. The first-order valence-corrected chi connectivity index (χ1v) is 7.08. The Hall–Kier alpha value is -1.92. The first-order chi connectivity index (χ1) is 10.6. The van der Waals surface area contributed by atoms with E-state index in [1.54, 1.807) is 0 Å². The lowest BCUT2D eigenvalue weighted by molar-refractivity contribution is -0.148. The van der Waals surface area contributed by atoms with Crippen molar-refractivity contribution in [3.8, 4) is 0 Å². The van der Waals surface area contributed by atoms with E-state index in [9.17, 15) is 9.59 Å². The molecule has 1 N–H and O–H groups in total. The molecule has 1 rings (SSSR count). The summed E-state index contributed by atoms with van der Waals surface area (Å²) in [6.07, 6.45) is -0.502. The number of hydrogen-bond donors (Lipinski definition) is 1. The van der Waals surface area contributed by atoms with Crippen LogP contribution in [0.25, 0.3) is 0 Å². The number of ether oxygens (including phenoxy) is 3. The van der Waals surface area contributed by atoms with Gasteiger partial charge < -0.3 is 19.5 Å². The van der Waals surface area contributed by atoms with E-state index in [1.807, 2.05) is 37.3 Å². The number of carbonyl (C=O) groups is 2. The van der Waals surface area contributed by atoms with Gasteiger partial charge in [-0.25, -0.2) is 0 Å². The topological polar surface area (TPSA) is 73.9 Å². The Kier molecular flexibility index (Phi) is 8.17. The van der Waals surface area contributed by atoms with E-state index in [4.69, 9.17) is 9.47 Å². The molecule has 2 atom stereocenters. The maximum absolute atomic E-state index is 12.1. The summed E-state index contributed by atoms with van der Waals surface area (Å²) in [7, 11) is 2.78. The average Bonchev–Trinajstić information content (AvgIpc) is 2.53. The lowest BCUT2D eigenvalue weighted by Gasteiger charge is -2.18. The van der Waals surface area contributed by atoms with E-state index in [2.05, 4.69) is 10.1 Å². The molecule has 6 heteroatoms. The molecular weight excluding hydrogens is 286 g/mol. The fourth-order valence-corrected chi connectivity index (χ4v) is 1.96. The Morgan fingerprint density at radius 3 is 2.41 bits per heavy atom. The molecule has 0 saturated heterocycles. The summed E-state index contributed by atoms with van der Waals surface area (Å²) in [6, 6.07) is 9.52. The molecule has 6 nitrogen and oxygen atoms in total. The standard InChI is InChI=1S/C16H23NO5/c1-12(13-7-5-4-6-8-13)17-15(18)9-14(22-11-20-2)10-16(19)21-3/h4-8,12,14H,9-11H2,1-3H3,(H,17,18). The molecule has 22 heavy (non-hydrogen) atoms. The van der Waals surface area contributed by atoms with Gasteiger partial charge in [-0.05, 0) is 12.5 Å². The van der Waals surface area contributed by atoms with E-state index < -0.39 is 12.1 Å². The van der Waals surface area contributed by atoms with E-state index in [0.29, 0.717) is 0 Å². The molecule has 0 saturated carbocycles. The number of amides is 1. The smallest absolute Gasteiger partial charge is 0.308 e. The number of nitrogens with one attached hydrogen (secondary N) is 1. The molecule has 2 unspecified atom stereocenters. The first kappa shape index (κ1) is 18.1. The minimum Gasteiger partial charge on any atom is -0.469 e. The van der Waals surface area contributed by atoms with Crippen molar-refractivity contribution in [3.05, 3.63) is 35.9 Å². The van der Waals surface area contributed by atoms with Crippen LogP contribution in [0.2, 0.25) is 0 Å². The van der Waals surface area contributed by atoms with Gasteiger partial charge in [-0.15, -0.1) is 0 Å². The fraction of sp³-hybridized carbons (Fsp3) is 0.500. The SMILES string of the molecule is COCOC(CC(=O)NC(C)c1ccccc1)CC(=O)OC. The molecule has 0 fully saturated rings. The predicted octanol–water partition coefficient (Wildman–Crippen LogP) is 1.81. The molecular formula is C16H23NO5. The third-order valence-corrected chi connectivity index (χ3v) is 3.13. The van der Waals surface area contributed by atoms with E-state index >= 15 is 0 Å². The highest BCUT2D eigenvalue weighted by Gasteiger charge is 2.20. The minimum atomic E-state index is -0.574. The highest BCUT2D eigenvalue weighted by atomic mass is 16.7. The van der Waals surface area contributed by atoms with Crippen LogP contribution < -0.4 is 5.32 Å². The molecule has 1 aromatic rings. The minimum absolute atomic E-state index is 0.00694. The highest BCUT2D eigenvalue weighted by molar-refractivity contribution is 5.78. The summed E-state index contributed by atoms with van der Waals surface area (Å²) in [5.74, 6) is -0.619. The second-order valence-corrected chi connectivity index (χ2v) is 4.88. The molecule has 1 aromatic carbocycles. The van der Waals surface area contributed by atoms with Gasteiger partial charge in [0.1, 0.15) is 6.79 Å². The van der Waals surface area contributed by atoms with Gasteiger partial charge in [0.25, 0.3) is 0 Å². The normalized spacial score (nSPS) is 13.2. The zero-order valence-electron chi connectivity index (χ0n) is 13.2. The van der Waals surface area contributed by atoms with Crippen LogP contribution in [0, 0.1) is 0 Å². The van der Waals surface area contributed by atoms with Crippen LogP contribution in [0.15, 0.2) is 30.3 Å². The summed E-state index contributed by atoms with van der Waals surface area (Å²) < 4.78 is 14.8. The van der Waals surface area contributed by atoms with Crippen molar-refractivity contribution in [2.24, 2.45) is 0 Å². The van der Waals surface area contributed by atoms with Gasteiger partial charge in [0, 0.05) is 7.11 Å². The Balaban J connectivity index is 2.52. The lowest BCUT2D eigenvalue weighted by atomic mass is 10.1. The van der Waals surface area contributed by atoms with Gasteiger partial charge in [-0.1, -0.05) is 30.3 Å². The Morgan fingerprint density at radius 2 is 1.82 bits per heavy atom. The molecule has 0 aromatic heterocycles. The molecule has 0 bridgehead atoms. The van der Waals surface area contributed by atoms with Gasteiger partial charge in [-0.3, -0.25) is 9.59 Å². The van der Waals surface area contributed by atoms with Crippen molar-refractivity contribution >= 4 is 11.9 Å². The van der Waals surface area contributed by atoms with Crippen molar-refractivity contribution in [1.29, 1.82) is 0 Å². The summed E-state index contributed by atoms with van der Waals surface area (Å²) in [5, 5.41) is 2.88. The summed E-state index contributed by atoms with van der Waals surface area (Å²) in [4.78, 5) is 23.4. The number of carbonyl (C=O) groups excluding carboxylic acids is 2. The summed E-state index contributed by atoms with van der Waals surface area (Å²) >= 11 is 0.